The lowest BCUT2D eigenvalue weighted by Crippen LogP contribution is -2.50. The fourth-order valence-electron chi connectivity index (χ4n) is 4.86. The minimum absolute atomic E-state index is 0.0736. The molecule has 0 spiro atoms. The molecule has 5 aromatic rings. The molecule has 1 aliphatic heterocycles. The molecule has 0 bridgehead atoms. The molecule has 1 saturated heterocycles. The Morgan fingerprint density at radius 3 is 3.03 bits per heavy atom. The number of anilines is 1. The number of hydrogen-bond acceptors (Lipinski definition) is 10. The quantitative estimate of drug-likeness (QED) is 0.296. The van der Waals surface area contributed by atoms with Gasteiger partial charge in [-0.15, -0.1) is 11.3 Å². The fourth-order valence-corrected chi connectivity index (χ4v) is 5.96. The highest BCUT2D eigenvalue weighted by molar-refractivity contribution is 7.21. The van der Waals surface area contributed by atoms with Gasteiger partial charge in [0.1, 0.15) is 21.3 Å². The van der Waals surface area contributed by atoms with Crippen molar-refractivity contribution < 1.29 is 19.4 Å². The maximum Gasteiger partial charge on any atom is 0.261 e. The summed E-state index contributed by atoms with van der Waals surface area (Å²) in [5, 5.41) is 17.4. The van der Waals surface area contributed by atoms with Crippen LogP contribution >= 0.6 is 11.3 Å². The number of methoxy groups -OCH3 is 1. The minimum Gasteiger partial charge on any atom is -0.481 e. The van der Waals surface area contributed by atoms with Gasteiger partial charge in [0.15, 0.2) is 0 Å². The molecule has 3 N–H and O–H groups in total. The van der Waals surface area contributed by atoms with Crippen molar-refractivity contribution >= 4 is 49.7 Å². The predicted molar refractivity (Wildman–Crippen MR) is 143 cm³/mol. The van der Waals surface area contributed by atoms with Gasteiger partial charge < -0.3 is 24.9 Å². The van der Waals surface area contributed by atoms with Crippen molar-refractivity contribution in [2.75, 3.05) is 38.7 Å². The highest BCUT2D eigenvalue weighted by Crippen LogP contribution is 2.36. The zero-order chi connectivity index (χ0) is 26.4. The first-order chi connectivity index (χ1) is 18.4. The van der Waals surface area contributed by atoms with E-state index in [1.807, 2.05) is 30.2 Å². The fraction of sp³-hybridized carbons (Fsp3) is 0.320. The number of aliphatic hydroxyl groups excluding tert-OH is 1. The number of fused-ring (bicyclic) bond motifs is 5. The number of rotatable bonds is 6. The van der Waals surface area contributed by atoms with E-state index in [0.29, 0.717) is 51.4 Å². The van der Waals surface area contributed by atoms with Crippen LogP contribution in [0.1, 0.15) is 6.92 Å². The Hall–Kier alpha value is -3.91. The maximum absolute atomic E-state index is 13.1. The average molecular weight is 536 g/mol. The summed E-state index contributed by atoms with van der Waals surface area (Å²) in [5.74, 6) is 0.273. The van der Waals surface area contributed by atoms with E-state index in [-0.39, 0.29) is 36.8 Å². The largest absolute Gasteiger partial charge is 0.481 e. The Morgan fingerprint density at radius 1 is 1.34 bits per heavy atom. The molecule has 0 aliphatic carbocycles. The number of thiazole rings is 1. The van der Waals surface area contributed by atoms with E-state index in [1.165, 1.54) is 11.3 Å². The topological polar surface area (TPSA) is 147 Å². The lowest BCUT2D eigenvalue weighted by atomic mass is 10.2. The van der Waals surface area contributed by atoms with Crippen molar-refractivity contribution in [3.63, 3.8) is 0 Å². The number of nitrogens with one attached hydrogen (secondary N) is 2. The monoisotopic (exact) mass is 535 g/mol. The summed E-state index contributed by atoms with van der Waals surface area (Å²) in [7, 11) is 1.56. The standard InChI is InChI=1S/C25H25N7O5S/c1-13-8-31(9-15(12-33)37-13)11-19(34)28-14-6-17-21(27-7-14)22-20(23(35)29-17)25-32(30-22)10-18(38-25)16-4-3-5-26-24(16)36-2/h3-7,10,13,15,33H,8-9,11-12H2,1-2H3,(H,28,34)(H,29,35)/t13-,15-/m0/s1. The molecule has 1 amide bonds. The molecule has 0 radical (unpaired) electrons. The van der Waals surface area contributed by atoms with Gasteiger partial charge in [-0.05, 0) is 25.1 Å². The first-order valence-electron chi connectivity index (χ1n) is 12.0. The molecule has 196 valence electrons. The van der Waals surface area contributed by atoms with Gasteiger partial charge in [0.05, 0.1) is 60.3 Å². The van der Waals surface area contributed by atoms with Crippen LogP contribution < -0.4 is 15.6 Å². The summed E-state index contributed by atoms with van der Waals surface area (Å²) in [6.45, 7) is 3.04. The van der Waals surface area contributed by atoms with Crippen molar-refractivity contribution in [1.29, 1.82) is 0 Å². The van der Waals surface area contributed by atoms with Crippen LogP contribution in [0.5, 0.6) is 5.88 Å². The molecule has 38 heavy (non-hydrogen) atoms. The minimum atomic E-state index is -0.312. The normalized spacial score (nSPS) is 18.4. The number of carbonyl (C=O) groups excluding carboxylic acids is 1. The van der Waals surface area contributed by atoms with E-state index in [9.17, 15) is 14.7 Å². The van der Waals surface area contributed by atoms with E-state index < -0.39 is 0 Å². The van der Waals surface area contributed by atoms with Crippen LogP contribution in [0, 0.1) is 0 Å². The second-order valence-electron chi connectivity index (χ2n) is 9.20. The first-order valence-corrected chi connectivity index (χ1v) is 12.9. The Morgan fingerprint density at radius 2 is 2.21 bits per heavy atom. The number of ether oxygens (including phenoxy) is 2. The van der Waals surface area contributed by atoms with Crippen LogP contribution in [-0.4, -0.2) is 86.0 Å². The number of H-pyrrole nitrogens is 1. The molecule has 0 saturated carbocycles. The lowest BCUT2D eigenvalue weighted by molar-refractivity contribution is -0.124. The zero-order valence-corrected chi connectivity index (χ0v) is 21.5. The molecule has 6 heterocycles. The van der Waals surface area contributed by atoms with Crippen LogP contribution in [0.25, 0.3) is 37.2 Å². The van der Waals surface area contributed by atoms with Crippen molar-refractivity contribution in [2.45, 2.75) is 19.1 Å². The highest BCUT2D eigenvalue weighted by Gasteiger charge is 2.26. The number of pyridine rings is 3. The molecule has 0 unspecified atom stereocenters. The Balaban J connectivity index is 1.29. The van der Waals surface area contributed by atoms with Crippen LogP contribution in [0.15, 0.2) is 41.6 Å². The molecule has 1 aliphatic rings. The van der Waals surface area contributed by atoms with Crippen molar-refractivity contribution in [2.24, 2.45) is 0 Å². The zero-order valence-electron chi connectivity index (χ0n) is 20.7. The summed E-state index contributed by atoms with van der Waals surface area (Å²) in [6.07, 6.45) is 4.66. The maximum atomic E-state index is 13.1. The van der Waals surface area contributed by atoms with E-state index in [0.717, 1.165) is 10.4 Å². The second kappa shape index (κ2) is 9.76. The van der Waals surface area contributed by atoms with E-state index >= 15 is 0 Å². The first kappa shape index (κ1) is 24.4. The van der Waals surface area contributed by atoms with Gasteiger partial charge in [0.2, 0.25) is 11.8 Å². The van der Waals surface area contributed by atoms with Crippen LogP contribution in [0.3, 0.4) is 0 Å². The number of hydrogen-bond donors (Lipinski definition) is 3. The van der Waals surface area contributed by atoms with Crippen molar-refractivity contribution in [1.82, 2.24) is 29.5 Å². The smallest absolute Gasteiger partial charge is 0.261 e. The average Bonchev–Trinajstić information content (AvgIpc) is 3.46. The second-order valence-corrected chi connectivity index (χ2v) is 10.2. The Labute approximate surface area is 219 Å². The van der Waals surface area contributed by atoms with Crippen LogP contribution in [-0.2, 0) is 9.53 Å². The summed E-state index contributed by atoms with van der Waals surface area (Å²) in [6, 6.07) is 5.41. The van der Waals surface area contributed by atoms with Gasteiger partial charge >= 0.3 is 0 Å². The number of aromatic nitrogens is 5. The molecule has 12 nitrogen and oxygen atoms in total. The molecule has 1 fully saturated rings. The van der Waals surface area contributed by atoms with Gasteiger partial charge in [-0.3, -0.25) is 19.5 Å². The number of aromatic amines is 1. The van der Waals surface area contributed by atoms with Gasteiger partial charge in [-0.2, -0.15) is 5.10 Å². The predicted octanol–water partition coefficient (Wildman–Crippen LogP) is 1.88. The van der Waals surface area contributed by atoms with Crippen LogP contribution in [0.4, 0.5) is 5.69 Å². The summed E-state index contributed by atoms with van der Waals surface area (Å²) in [5.41, 5.74) is 2.46. The summed E-state index contributed by atoms with van der Waals surface area (Å²) >= 11 is 1.42. The SMILES string of the molecule is COc1ncccc1-c1cn2nc3c4ncc(NC(=O)CN5C[C@@H](CO)O[C@@H](C)C5)cc4[nH]c(=O)c3c2s1. The molecular formula is C25H25N7O5S. The molecule has 6 rings (SSSR count). The lowest BCUT2D eigenvalue weighted by Gasteiger charge is -2.35. The molecule has 0 aromatic carbocycles. The van der Waals surface area contributed by atoms with E-state index in [4.69, 9.17) is 9.47 Å². The molecular weight excluding hydrogens is 510 g/mol. The number of amides is 1. The van der Waals surface area contributed by atoms with E-state index in [1.54, 1.807) is 30.1 Å². The summed E-state index contributed by atoms with van der Waals surface area (Å²) in [4.78, 5) is 41.0. The summed E-state index contributed by atoms with van der Waals surface area (Å²) < 4.78 is 12.7. The molecule has 5 aromatic heterocycles. The molecule has 13 heteroatoms. The Bertz CT molecular complexity index is 1730. The Kier molecular flexibility index (Phi) is 6.27. The van der Waals surface area contributed by atoms with E-state index in [2.05, 4.69) is 25.4 Å². The number of carbonyl (C=O) groups is 1. The van der Waals surface area contributed by atoms with Crippen LogP contribution in [0.2, 0.25) is 0 Å². The third kappa shape index (κ3) is 4.39. The van der Waals surface area contributed by atoms with Gasteiger partial charge in [-0.1, -0.05) is 0 Å². The third-order valence-electron chi connectivity index (χ3n) is 6.39. The van der Waals surface area contributed by atoms with Gasteiger partial charge in [-0.25, -0.2) is 9.50 Å². The van der Waals surface area contributed by atoms with Crippen molar-refractivity contribution in [3.05, 3.63) is 47.1 Å². The van der Waals surface area contributed by atoms with Gasteiger partial charge in [0.25, 0.3) is 5.56 Å². The van der Waals surface area contributed by atoms with Crippen molar-refractivity contribution in [3.8, 4) is 16.3 Å². The number of nitrogens with zero attached hydrogens (tertiary/aromatic N) is 5. The van der Waals surface area contributed by atoms with Gasteiger partial charge in [0, 0.05) is 25.5 Å². The highest BCUT2D eigenvalue weighted by atomic mass is 32.1. The number of morpholine rings is 1. The number of aliphatic hydroxyl groups is 1. The third-order valence-corrected chi connectivity index (χ3v) is 7.52. The molecule has 2 atom stereocenters.